The number of nitrogens with one attached hydrogen (secondary N) is 1. The lowest BCUT2D eigenvalue weighted by atomic mass is 9.71. The Hall–Kier alpha value is -0.160. The molecule has 0 aromatic rings. The monoisotopic (exact) mass is 270 g/mol. The Bertz CT molecular complexity index is 284. The smallest absolute Gasteiger partial charge is 0.0826 e. The molecule has 0 bridgehead atoms. The molecule has 1 aliphatic carbocycles. The average molecular weight is 270 g/mol. The summed E-state index contributed by atoms with van der Waals surface area (Å²) in [5, 5.41) is 14.0. The molecule has 4 nitrogen and oxygen atoms in total. The van der Waals surface area contributed by atoms with Gasteiger partial charge >= 0.3 is 0 Å². The minimum Gasteiger partial charge on any atom is -0.389 e. The van der Waals surface area contributed by atoms with Gasteiger partial charge < -0.3 is 20.1 Å². The van der Waals surface area contributed by atoms with Gasteiger partial charge in [-0.3, -0.25) is 0 Å². The van der Waals surface area contributed by atoms with Crippen molar-refractivity contribution in [2.75, 3.05) is 39.8 Å². The number of hydrogen-bond acceptors (Lipinski definition) is 4. The molecule has 0 amide bonds. The van der Waals surface area contributed by atoms with Crippen LogP contribution in [-0.2, 0) is 4.74 Å². The summed E-state index contributed by atoms with van der Waals surface area (Å²) in [6.07, 6.45) is 4.33. The summed E-state index contributed by atoms with van der Waals surface area (Å²) < 4.78 is 5.72. The van der Waals surface area contributed by atoms with Crippen molar-refractivity contribution < 1.29 is 9.84 Å². The van der Waals surface area contributed by atoms with Crippen LogP contribution in [0.4, 0.5) is 0 Å². The van der Waals surface area contributed by atoms with Gasteiger partial charge in [-0.05, 0) is 38.1 Å². The molecule has 0 aromatic carbocycles. The molecule has 1 atom stereocenters. The molecule has 2 N–H and O–H groups in total. The van der Waals surface area contributed by atoms with Gasteiger partial charge in [-0.1, -0.05) is 13.8 Å². The zero-order chi connectivity index (χ0) is 13.9. The highest BCUT2D eigenvalue weighted by molar-refractivity contribution is 4.90. The first-order valence-corrected chi connectivity index (χ1v) is 7.62. The van der Waals surface area contributed by atoms with Crippen LogP contribution in [0.5, 0.6) is 0 Å². The number of rotatable bonds is 4. The summed E-state index contributed by atoms with van der Waals surface area (Å²) in [7, 11) is 2.13. The van der Waals surface area contributed by atoms with Gasteiger partial charge in [-0.25, -0.2) is 0 Å². The highest BCUT2D eigenvalue weighted by Crippen LogP contribution is 2.39. The SMILES string of the molecule is CN1CCOC(CNCC2(O)CCC(C)(C)CC2)C1. The highest BCUT2D eigenvalue weighted by atomic mass is 16.5. The number of hydrogen-bond donors (Lipinski definition) is 2. The molecule has 2 fully saturated rings. The van der Waals surface area contributed by atoms with Crippen LogP contribution in [0.2, 0.25) is 0 Å². The molecule has 0 radical (unpaired) electrons. The maximum absolute atomic E-state index is 10.6. The van der Waals surface area contributed by atoms with Crippen molar-refractivity contribution in [2.45, 2.75) is 51.2 Å². The molecule has 0 spiro atoms. The Labute approximate surface area is 117 Å². The van der Waals surface area contributed by atoms with Crippen molar-refractivity contribution in [2.24, 2.45) is 5.41 Å². The van der Waals surface area contributed by atoms with E-state index in [1.54, 1.807) is 0 Å². The quantitative estimate of drug-likeness (QED) is 0.807. The van der Waals surface area contributed by atoms with E-state index < -0.39 is 5.60 Å². The summed E-state index contributed by atoms with van der Waals surface area (Å²) >= 11 is 0. The zero-order valence-electron chi connectivity index (χ0n) is 12.7. The molecule has 4 heteroatoms. The molecule has 1 saturated heterocycles. The maximum atomic E-state index is 10.6. The van der Waals surface area contributed by atoms with Crippen molar-refractivity contribution in [1.29, 1.82) is 0 Å². The first kappa shape index (κ1) is 15.2. The van der Waals surface area contributed by atoms with E-state index in [9.17, 15) is 5.11 Å². The van der Waals surface area contributed by atoms with E-state index in [-0.39, 0.29) is 6.10 Å². The van der Waals surface area contributed by atoms with Crippen molar-refractivity contribution in [3.63, 3.8) is 0 Å². The van der Waals surface area contributed by atoms with Crippen molar-refractivity contribution in [3.05, 3.63) is 0 Å². The van der Waals surface area contributed by atoms with Crippen LogP contribution >= 0.6 is 0 Å². The Morgan fingerprint density at radius 3 is 2.58 bits per heavy atom. The van der Waals surface area contributed by atoms with Gasteiger partial charge in [0, 0.05) is 26.2 Å². The summed E-state index contributed by atoms with van der Waals surface area (Å²) in [5.74, 6) is 0. The van der Waals surface area contributed by atoms with Crippen LogP contribution in [0.25, 0.3) is 0 Å². The summed E-state index contributed by atoms with van der Waals surface area (Å²) in [5.41, 5.74) is -0.0997. The molecule has 1 unspecified atom stereocenters. The third-order valence-corrected chi connectivity index (χ3v) is 4.70. The molecule has 1 heterocycles. The fraction of sp³-hybridized carbons (Fsp3) is 1.00. The second-order valence-electron chi connectivity index (χ2n) is 7.27. The van der Waals surface area contributed by atoms with E-state index in [4.69, 9.17) is 4.74 Å². The molecule has 2 rings (SSSR count). The predicted molar refractivity (Wildman–Crippen MR) is 77.3 cm³/mol. The van der Waals surface area contributed by atoms with E-state index in [2.05, 4.69) is 31.1 Å². The van der Waals surface area contributed by atoms with Crippen LogP contribution in [0.1, 0.15) is 39.5 Å². The average Bonchev–Trinajstić information content (AvgIpc) is 2.34. The van der Waals surface area contributed by atoms with Crippen LogP contribution in [0, 0.1) is 5.41 Å². The molecular weight excluding hydrogens is 240 g/mol. The Morgan fingerprint density at radius 1 is 1.26 bits per heavy atom. The summed E-state index contributed by atoms with van der Waals surface area (Å²) in [6.45, 7) is 8.97. The maximum Gasteiger partial charge on any atom is 0.0826 e. The van der Waals surface area contributed by atoms with E-state index in [0.717, 1.165) is 51.9 Å². The largest absolute Gasteiger partial charge is 0.389 e. The second-order valence-corrected chi connectivity index (χ2v) is 7.27. The zero-order valence-corrected chi connectivity index (χ0v) is 12.7. The summed E-state index contributed by atoms with van der Waals surface area (Å²) in [4.78, 5) is 2.30. The molecule has 112 valence electrons. The number of nitrogens with zero attached hydrogens (tertiary/aromatic N) is 1. The fourth-order valence-corrected chi connectivity index (χ4v) is 3.03. The van der Waals surface area contributed by atoms with Gasteiger partial charge in [0.05, 0.1) is 18.3 Å². The second kappa shape index (κ2) is 6.08. The normalized spacial score (nSPS) is 31.3. The van der Waals surface area contributed by atoms with E-state index >= 15 is 0 Å². The Morgan fingerprint density at radius 2 is 1.95 bits per heavy atom. The molecule has 0 aromatic heterocycles. The van der Waals surface area contributed by atoms with Gasteiger partial charge in [0.15, 0.2) is 0 Å². The number of ether oxygens (including phenoxy) is 1. The third kappa shape index (κ3) is 4.71. The van der Waals surface area contributed by atoms with E-state index in [1.807, 2.05) is 0 Å². The van der Waals surface area contributed by atoms with Gasteiger partial charge in [-0.15, -0.1) is 0 Å². The molecule has 1 aliphatic heterocycles. The first-order valence-electron chi connectivity index (χ1n) is 7.62. The molecular formula is C15H30N2O2. The Kier molecular flexibility index (Phi) is 4.88. The minimum atomic E-state index is -0.504. The highest BCUT2D eigenvalue weighted by Gasteiger charge is 2.36. The first-order chi connectivity index (χ1) is 8.89. The third-order valence-electron chi connectivity index (χ3n) is 4.70. The lowest BCUT2D eigenvalue weighted by Crippen LogP contribution is -2.49. The van der Waals surface area contributed by atoms with Crippen molar-refractivity contribution in [1.82, 2.24) is 10.2 Å². The van der Waals surface area contributed by atoms with Gasteiger partial charge in [-0.2, -0.15) is 0 Å². The van der Waals surface area contributed by atoms with Crippen LogP contribution in [0.3, 0.4) is 0 Å². The van der Waals surface area contributed by atoms with Gasteiger partial charge in [0.2, 0.25) is 0 Å². The lowest BCUT2D eigenvalue weighted by Gasteiger charge is -2.40. The van der Waals surface area contributed by atoms with Crippen molar-refractivity contribution in [3.8, 4) is 0 Å². The fourth-order valence-electron chi connectivity index (χ4n) is 3.03. The van der Waals surface area contributed by atoms with Gasteiger partial charge in [0.25, 0.3) is 0 Å². The molecule has 19 heavy (non-hydrogen) atoms. The van der Waals surface area contributed by atoms with E-state index in [0.29, 0.717) is 12.0 Å². The predicted octanol–water partition coefficient (Wildman–Crippen LogP) is 1.24. The van der Waals surface area contributed by atoms with Gasteiger partial charge in [0.1, 0.15) is 0 Å². The number of likely N-dealkylation sites (N-methyl/N-ethyl adjacent to an activating group) is 1. The van der Waals surface area contributed by atoms with E-state index in [1.165, 1.54) is 0 Å². The molecule has 2 aliphatic rings. The standard InChI is InChI=1S/C15H30N2O2/c1-14(2)4-6-15(18,7-5-14)12-16-10-13-11-17(3)8-9-19-13/h13,16,18H,4-12H2,1-3H3. The minimum absolute atomic E-state index is 0.266. The van der Waals surface area contributed by atoms with Crippen molar-refractivity contribution >= 4 is 0 Å². The number of aliphatic hydroxyl groups is 1. The topological polar surface area (TPSA) is 44.7 Å². The van der Waals surface area contributed by atoms with Crippen LogP contribution in [0.15, 0.2) is 0 Å². The Balaban J connectivity index is 1.67. The summed E-state index contributed by atoms with van der Waals surface area (Å²) in [6, 6.07) is 0. The van der Waals surface area contributed by atoms with Crippen LogP contribution < -0.4 is 5.32 Å². The van der Waals surface area contributed by atoms with Crippen LogP contribution in [-0.4, -0.2) is 61.5 Å². The lowest BCUT2D eigenvalue weighted by molar-refractivity contribution is -0.0379. The number of morpholine rings is 1. The molecule has 1 saturated carbocycles.